The van der Waals surface area contributed by atoms with Crippen LogP contribution in [0.3, 0.4) is 0 Å². The maximum atomic E-state index is 13.5. The average Bonchev–Trinajstić information content (AvgIpc) is 3.52. The normalized spacial score (nSPS) is 21.6. The topological polar surface area (TPSA) is 109 Å². The Morgan fingerprint density at radius 3 is 1.96 bits per heavy atom. The highest BCUT2D eigenvalue weighted by Gasteiger charge is 2.50. The summed E-state index contributed by atoms with van der Waals surface area (Å²) in [6.45, 7) is -0.127. The van der Waals surface area contributed by atoms with Crippen molar-refractivity contribution in [2.45, 2.75) is 43.9 Å². The zero-order valence-corrected chi connectivity index (χ0v) is 25.3. The molecule has 5 aromatic rings. The molecule has 0 aliphatic carbocycles. The van der Waals surface area contributed by atoms with Crippen molar-refractivity contribution in [1.82, 2.24) is 4.57 Å². The van der Waals surface area contributed by atoms with Crippen LogP contribution >= 0.6 is 8.60 Å². The van der Waals surface area contributed by atoms with E-state index in [1.165, 1.54) is 0 Å². The number of rotatable bonds is 12. The molecule has 9 nitrogen and oxygen atoms in total. The van der Waals surface area contributed by atoms with Crippen LogP contribution in [0.1, 0.15) is 27.7 Å². The SMILES string of the molecule is O=C(OC1C(OP(OCc2ccccc2)OCc2ccccc2)C(O)C(CO)OC1n1ccc2ccccc21)c1ccccc1. The second-order valence-corrected chi connectivity index (χ2v) is 11.7. The van der Waals surface area contributed by atoms with Crippen LogP contribution in [0.4, 0.5) is 0 Å². The Hall–Kier alpha value is -3.92. The maximum absolute atomic E-state index is 13.5. The monoisotopic (exact) mass is 627 g/mol. The molecule has 45 heavy (non-hydrogen) atoms. The first-order chi connectivity index (χ1) is 22.1. The first-order valence-corrected chi connectivity index (χ1v) is 15.8. The highest BCUT2D eigenvalue weighted by molar-refractivity contribution is 7.41. The molecule has 5 atom stereocenters. The number of carbonyl (C=O) groups is 1. The Bertz CT molecular complexity index is 1610. The molecule has 1 saturated heterocycles. The quantitative estimate of drug-likeness (QED) is 0.125. The van der Waals surface area contributed by atoms with E-state index in [-0.39, 0.29) is 13.2 Å². The van der Waals surface area contributed by atoms with E-state index in [0.29, 0.717) is 5.56 Å². The summed E-state index contributed by atoms with van der Waals surface area (Å²) in [7, 11) is -2.10. The van der Waals surface area contributed by atoms with Gasteiger partial charge in [0.05, 0.1) is 30.9 Å². The van der Waals surface area contributed by atoms with Crippen molar-refractivity contribution in [3.05, 3.63) is 144 Å². The van der Waals surface area contributed by atoms with Crippen molar-refractivity contribution in [3.8, 4) is 0 Å². The van der Waals surface area contributed by atoms with Crippen LogP contribution in [0, 0.1) is 0 Å². The van der Waals surface area contributed by atoms with Gasteiger partial charge in [-0.25, -0.2) is 4.79 Å². The first-order valence-electron chi connectivity index (χ1n) is 14.7. The van der Waals surface area contributed by atoms with Gasteiger partial charge in [0.2, 0.25) is 0 Å². The molecule has 232 valence electrons. The van der Waals surface area contributed by atoms with E-state index in [1.54, 1.807) is 30.3 Å². The second kappa shape index (κ2) is 14.9. The summed E-state index contributed by atoms with van der Waals surface area (Å²) in [6, 6.07) is 37.4. The summed E-state index contributed by atoms with van der Waals surface area (Å²) < 4.78 is 33.0. The molecule has 1 fully saturated rings. The molecule has 6 rings (SSSR count). The summed E-state index contributed by atoms with van der Waals surface area (Å²) in [5.41, 5.74) is 2.95. The molecular weight excluding hydrogens is 593 g/mol. The van der Waals surface area contributed by atoms with Crippen LogP contribution < -0.4 is 0 Å². The minimum atomic E-state index is -2.10. The van der Waals surface area contributed by atoms with Gasteiger partial charge in [-0.2, -0.15) is 0 Å². The van der Waals surface area contributed by atoms with Gasteiger partial charge in [-0.15, -0.1) is 0 Å². The van der Waals surface area contributed by atoms with E-state index in [2.05, 4.69) is 0 Å². The lowest BCUT2D eigenvalue weighted by Gasteiger charge is -2.44. The molecule has 1 aliphatic heterocycles. The lowest BCUT2D eigenvalue weighted by molar-refractivity contribution is -0.245. The molecule has 0 spiro atoms. The van der Waals surface area contributed by atoms with Crippen molar-refractivity contribution in [2.75, 3.05) is 6.61 Å². The smallest absolute Gasteiger partial charge is 0.338 e. The average molecular weight is 628 g/mol. The minimum Gasteiger partial charge on any atom is -0.451 e. The number of hydrogen-bond acceptors (Lipinski definition) is 8. The number of hydrogen-bond donors (Lipinski definition) is 2. The maximum Gasteiger partial charge on any atom is 0.338 e. The van der Waals surface area contributed by atoms with Crippen molar-refractivity contribution in [1.29, 1.82) is 0 Å². The summed E-state index contributed by atoms with van der Waals surface area (Å²) in [5.74, 6) is -0.617. The number of nitrogens with zero attached hydrogens (tertiary/aromatic N) is 1. The fraction of sp³-hybridized carbons (Fsp3) is 0.229. The van der Waals surface area contributed by atoms with Gasteiger partial charge in [-0.05, 0) is 40.8 Å². The third kappa shape index (κ3) is 7.49. The van der Waals surface area contributed by atoms with Gasteiger partial charge in [0.1, 0.15) is 18.3 Å². The molecule has 2 N–H and O–H groups in total. The van der Waals surface area contributed by atoms with Crippen LogP contribution in [0.15, 0.2) is 128 Å². The Balaban J connectivity index is 1.34. The van der Waals surface area contributed by atoms with Crippen molar-refractivity contribution < 1.29 is 38.1 Å². The Labute approximate surface area is 262 Å². The largest absolute Gasteiger partial charge is 0.451 e. The Morgan fingerprint density at radius 2 is 1.33 bits per heavy atom. The van der Waals surface area contributed by atoms with E-state index in [4.69, 9.17) is 23.0 Å². The molecule has 0 bridgehead atoms. The molecule has 0 amide bonds. The minimum absolute atomic E-state index is 0.185. The molecule has 4 aromatic carbocycles. The summed E-state index contributed by atoms with van der Waals surface area (Å²) >= 11 is 0. The van der Waals surface area contributed by atoms with Gasteiger partial charge >= 0.3 is 14.6 Å². The van der Waals surface area contributed by atoms with Crippen LogP contribution in [-0.4, -0.2) is 51.8 Å². The standard InChI is InChI=1S/C35H34NO8P/c37-22-30-31(38)32(44-45(40-23-25-12-4-1-5-13-25)41-24-26-14-6-2-7-15-26)33(43-35(39)28-17-8-3-9-18-28)34(42-30)36-21-20-27-16-10-11-19-29(27)36/h1-21,30-34,37-38H,22-24H2. The van der Waals surface area contributed by atoms with E-state index >= 15 is 0 Å². The van der Waals surface area contributed by atoms with Gasteiger partial charge in [-0.3, -0.25) is 0 Å². The van der Waals surface area contributed by atoms with Crippen molar-refractivity contribution in [3.63, 3.8) is 0 Å². The second-order valence-electron chi connectivity index (χ2n) is 10.6. The van der Waals surface area contributed by atoms with Gasteiger partial charge < -0.3 is 37.8 Å². The zero-order chi connectivity index (χ0) is 31.0. The molecule has 2 heterocycles. The summed E-state index contributed by atoms with van der Waals surface area (Å²) in [5, 5.41) is 22.7. The third-order valence-electron chi connectivity index (χ3n) is 7.54. The molecule has 1 aromatic heterocycles. The van der Waals surface area contributed by atoms with Gasteiger partial charge in [0.25, 0.3) is 0 Å². The Morgan fingerprint density at radius 1 is 0.756 bits per heavy atom. The summed E-state index contributed by atoms with van der Waals surface area (Å²) in [4.78, 5) is 13.5. The van der Waals surface area contributed by atoms with Crippen molar-refractivity contribution >= 4 is 25.5 Å². The van der Waals surface area contributed by atoms with Gasteiger partial charge in [0.15, 0.2) is 12.3 Å². The van der Waals surface area contributed by atoms with Crippen LogP contribution in [-0.2, 0) is 36.3 Å². The van der Waals surface area contributed by atoms with E-state index in [0.717, 1.165) is 22.0 Å². The molecule has 5 unspecified atom stereocenters. The van der Waals surface area contributed by atoms with E-state index in [1.807, 2.05) is 102 Å². The van der Waals surface area contributed by atoms with Crippen molar-refractivity contribution in [2.24, 2.45) is 0 Å². The first kappa shape index (κ1) is 31.1. The van der Waals surface area contributed by atoms with Crippen LogP contribution in [0.25, 0.3) is 10.9 Å². The highest BCUT2D eigenvalue weighted by atomic mass is 31.2. The summed E-state index contributed by atoms with van der Waals surface area (Å²) in [6.07, 6.45) is -3.91. The van der Waals surface area contributed by atoms with Crippen LogP contribution in [0.5, 0.6) is 0 Å². The number of aromatic nitrogens is 1. The van der Waals surface area contributed by atoms with Crippen LogP contribution in [0.2, 0.25) is 0 Å². The number of para-hydroxylation sites is 1. The molecule has 0 radical (unpaired) electrons. The number of ether oxygens (including phenoxy) is 2. The fourth-order valence-electron chi connectivity index (χ4n) is 5.22. The molecular formula is C35H34NO8P. The predicted molar refractivity (Wildman–Crippen MR) is 169 cm³/mol. The number of benzene rings is 4. The zero-order valence-electron chi connectivity index (χ0n) is 24.4. The van der Waals surface area contributed by atoms with E-state index < -0.39 is 51.8 Å². The highest BCUT2D eigenvalue weighted by Crippen LogP contribution is 2.47. The molecule has 0 saturated carbocycles. The Kier molecular flexibility index (Phi) is 10.3. The lowest BCUT2D eigenvalue weighted by Crippen LogP contribution is -2.58. The third-order valence-corrected chi connectivity index (χ3v) is 8.64. The number of carbonyl (C=O) groups excluding carboxylic acids is 1. The number of aliphatic hydroxyl groups is 2. The van der Waals surface area contributed by atoms with Gasteiger partial charge in [-0.1, -0.05) is 97.1 Å². The molecule has 1 aliphatic rings. The number of esters is 1. The lowest BCUT2D eigenvalue weighted by atomic mass is 9.97. The van der Waals surface area contributed by atoms with E-state index in [9.17, 15) is 15.0 Å². The van der Waals surface area contributed by atoms with Gasteiger partial charge in [0, 0.05) is 6.20 Å². The number of fused-ring (bicyclic) bond motifs is 1. The fourth-order valence-corrected chi connectivity index (χ4v) is 6.37. The number of aliphatic hydroxyl groups excluding tert-OH is 2. The molecule has 10 heteroatoms. The predicted octanol–water partition coefficient (Wildman–Crippen LogP) is 6.16.